The molecule has 1 aliphatic heterocycles. The van der Waals surface area contributed by atoms with E-state index in [1.807, 2.05) is 22.9 Å². The minimum atomic E-state index is 0.108. The Morgan fingerprint density at radius 2 is 1.76 bits per heavy atom. The lowest BCUT2D eigenvalue weighted by molar-refractivity contribution is -0.122. The van der Waals surface area contributed by atoms with Crippen LogP contribution in [0.5, 0.6) is 0 Å². The minimum Gasteiger partial charge on any atom is -0.355 e. The summed E-state index contributed by atoms with van der Waals surface area (Å²) in [5.74, 6) is 0.953. The Morgan fingerprint density at radius 1 is 1.03 bits per heavy atom. The van der Waals surface area contributed by atoms with E-state index in [-0.39, 0.29) is 5.91 Å². The van der Waals surface area contributed by atoms with Crippen LogP contribution in [0.2, 0.25) is 0 Å². The predicted molar refractivity (Wildman–Crippen MR) is 134 cm³/mol. The maximum Gasteiger partial charge on any atom is 0.234 e. The largest absolute Gasteiger partial charge is 0.355 e. The lowest BCUT2D eigenvalue weighted by atomic mass is 10.2. The van der Waals surface area contributed by atoms with Crippen molar-refractivity contribution in [2.45, 2.75) is 26.9 Å². The molecule has 1 saturated heterocycles. The third-order valence-corrected chi connectivity index (χ3v) is 6.26. The van der Waals surface area contributed by atoms with Crippen molar-refractivity contribution < 1.29 is 4.79 Å². The second-order valence-corrected chi connectivity index (χ2v) is 8.90. The normalized spacial score (nSPS) is 15.0. The highest BCUT2D eigenvalue weighted by Gasteiger charge is 2.21. The predicted octanol–water partition coefficient (Wildman–Crippen LogP) is 3.48. The zero-order chi connectivity index (χ0) is 23.2. The molecule has 3 aromatic rings. The van der Waals surface area contributed by atoms with Gasteiger partial charge in [0, 0.05) is 38.3 Å². The summed E-state index contributed by atoms with van der Waals surface area (Å²) >= 11 is 5.90. The first kappa shape index (κ1) is 23.4. The molecule has 1 N–H and O–H groups in total. The summed E-state index contributed by atoms with van der Waals surface area (Å²) in [6.07, 6.45) is 0.959. The molecule has 0 atom stereocenters. The van der Waals surface area contributed by atoms with Crippen molar-refractivity contribution in [3.05, 3.63) is 64.9 Å². The highest BCUT2D eigenvalue weighted by atomic mass is 32.1. The van der Waals surface area contributed by atoms with Gasteiger partial charge < -0.3 is 5.32 Å². The van der Waals surface area contributed by atoms with Crippen LogP contribution in [0.4, 0.5) is 0 Å². The monoisotopic (exact) mass is 464 g/mol. The number of hydrogen-bond acceptors (Lipinski definition) is 5. The number of rotatable bonds is 8. The number of nitrogens with one attached hydrogen (secondary N) is 1. The maximum atomic E-state index is 12.0. The van der Waals surface area contributed by atoms with E-state index in [0.717, 1.165) is 56.2 Å². The number of benzene rings is 2. The van der Waals surface area contributed by atoms with Gasteiger partial charge in [0.2, 0.25) is 10.7 Å². The first-order valence-electron chi connectivity index (χ1n) is 11.6. The van der Waals surface area contributed by atoms with Gasteiger partial charge >= 0.3 is 0 Å². The molecule has 0 saturated carbocycles. The smallest absolute Gasteiger partial charge is 0.234 e. The van der Waals surface area contributed by atoms with E-state index in [2.05, 4.69) is 69.9 Å². The fraction of sp³-hybridized carbons (Fsp3) is 0.400. The van der Waals surface area contributed by atoms with E-state index in [9.17, 15) is 4.79 Å². The number of piperazine rings is 1. The average molecular weight is 465 g/mol. The molecule has 1 amide bonds. The summed E-state index contributed by atoms with van der Waals surface area (Å²) in [6, 6.07) is 18.5. The summed E-state index contributed by atoms with van der Waals surface area (Å²) in [5.41, 5.74) is 3.24. The molecule has 0 radical (unpaired) electrons. The Bertz CT molecular complexity index is 1130. The van der Waals surface area contributed by atoms with E-state index in [1.54, 1.807) is 0 Å². The second kappa shape index (κ2) is 10.9. The average Bonchev–Trinajstić information content (AvgIpc) is 3.15. The fourth-order valence-corrected chi connectivity index (χ4v) is 4.37. The van der Waals surface area contributed by atoms with Gasteiger partial charge in [0.05, 0.1) is 18.9 Å². The van der Waals surface area contributed by atoms with Crippen LogP contribution in [-0.2, 0) is 11.5 Å². The zero-order valence-corrected chi connectivity index (χ0v) is 20.2. The van der Waals surface area contributed by atoms with Crippen LogP contribution < -0.4 is 5.32 Å². The fourth-order valence-electron chi connectivity index (χ4n) is 4.08. The molecular formula is C25H32N6OS. The van der Waals surface area contributed by atoms with Gasteiger partial charge in [0.15, 0.2) is 5.82 Å². The number of hydrogen-bond donors (Lipinski definition) is 1. The topological polar surface area (TPSA) is 58.3 Å². The van der Waals surface area contributed by atoms with Crippen LogP contribution in [0.1, 0.15) is 18.9 Å². The minimum absolute atomic E-state index is 0.108. The standard InChI is InChI=1S/C25H32N6OS/c1-3-12-26-23(32)18-28-13-15-29(16-14-28)19-30-25(33)31(22-11-7-8-20(2)17-22)24(27-30)21-9-5-4-6-10-21/h4-11,17H,3,12-16,18-19H2,1-2H3,(H,26,32). The van der Waals surface area contributed by atoms with Gasteiger partial charge in [-0.1, -0.05) is 49.4 Å². The number of nitrogens with zero attached hydrogens (tertiary/aromatic N) is 5. The molecule has 8 heteroatoms. The van der Waals surface area contributed by atoms with Gasteiger partial charge in [-0.15, -0.1) is 5.10 Å². The molecule has 1 fully saturated rings. The van der Waals surface area contributed by atoms with Crippen LogP contribution in [0.25, 0.3) is 17.1 Å². The van der Waals surface area contributed by atoms with Gasteiger partial charge in [-0.05, 0) is 43.3 Å². The maximum absolute atomic E-state index is 12.0. The molecule has 1 aliphatic rings. The Hall–Kier alpha value is -2.81. The van der Waals surface area contributed by atoms with E-state index < -0.39 is 0 Å². The molecule has 33 heavy (non-hydrogen) atoms. The summed E-state index contributed by atoms with van der Waals surface area (Å²) in [5, 5.41) is 7.89. The molecule has 0 spiro atoms. The Morgan fingerprint density at radius 3 is 2.45 bits per heavy atom. The Kier molecular flexibility index (Phi) is 7.69. The zero-order valence-electron chi connectivity index (χ0n) is 19.4. The first-order valence-corrected chi connectivity index (χ1v) is 12.0. The van der Waals surface area contributed by atoms with E-state index in [4.69, 9.17) is 17.3 Å². The Labute approximate surface area is 200 Å². The van der Waals surface area contributed by atoms with Crippen LogP contribution in [0.15, 0.2) is 54.6 Å². The van der Waals surface area contributed by atoms with Crippen LogP contribution >= 0.6 is 12.2 Å². The van der Waals surface area contributed by atoms with Crippen LogP contribution in [0, 0.1) is 11.7 Å². The number of amides is 1. The molecular weight excluding hydrogens is 432 g/mol. The lowest BCUT2D eigenvalue weighted by Crippen LogP contribution is -2.49. The molecule has 4 rings (SSSR count). The van der Waals surface area contributed by atoms with Crippen molar-refractivity contribution in [3.8, 4) is 17.1 Å². The summed E-state index contributed by atoms with van der Waals surface area (Å²) < 4.78 is 4.66. The van der Waals surface area contributed by atoms with E-state index in [1.165, 1.54) is 5.56 Å². The SMILES string of the molecule is CCCNC(=O)CN1CCN(Cn2nc(-c3ccccc3)n(-c3cccc(C)c3)c2=S)CC1. The summed E-state index contributed by atoms with van der Waals surface area (Å²) in [6.45, 7) is 9.45. The van der Waals surface area contributed by atoms with Gasteiger partial charge in [-0.25, -0.2) is 4.68 Å². The number of carbonyl (C=O) groups is 1. The van der Waals surface area contributed by atoms with Crippen molar-refractivity contribution in [2.24, 2.45) is 0 Å². The summed E-state index contributed by atoms with van der Waals surface area (Å²) in [4.78, 5) is 16.6. The molecule has 0 aliphatic carbocycles. The third kappa shape index (κ3) is 5.76. The van der Waals surface area contributed by atoms with Crippen molar-refractivity contribution in [1.82, 2.24) is 29.5 Å². The third-order valence-electron chi connectivity index (χ3n) is 5.87. The molecule has 2 aromatic carbocycles. The van der Waals surface area contributed by atoms with Gasteiger partial charge in [-0.3, -0.25) is 19.2 Å². The summed E-state index contributed by atoms with van der Waals surface area (Å²) in [7, 11) is 0. The number of aryl methyl sites for hydroxylation is 1. The molecule has 2 heterocycles. The Balaban J connectivity index is 1.51. The van der Waals surface area contributed by atoms with Crippen molar-refractivity contribution in [3.63, 3.8) is 0 Å². The van der Waals surface area contributed by atoms with Crippen LogP contribution in [-0.4, -0.2) is 69.3 Å². The highest BCUT2D eigenvalue weighted by Crippen LogP contribution is 2.23. The quantitative estimate of drug-likeness (QED) is 0.517. The lowest BCUT2D eigenvalue weighted by Gasteiger charge is -2.33. The second-order valence-electron chi connectivity index (χ2n) is 8.53. The van der Waals surface area contributed by atoms with Gasteiger partial charge in [-0.2, -0.15) is 0 Å². The number of aromatic nitrogens is 3. The van der Waals surface area contributed by atoms with Crippen molar-refractivity contribution >= 4 is 18.1 Å². The van der Waals surface area contributed by atoms with Crippen LogP contribution in [0.3, 0.4) is 0 Å². The van der Waals surface area contributed by atoms with E-state index in [0.29, 0.717) is 18.0 Å². The first-order chi connectivity index (χ1) is 16.0. The van der Waals surface area contributed by atoms with Crippen molar-refractivity contribution in [2.75, 3.05) is 39.3 Å². The van der Waals surface area contributed by atoms with Crippen molar-refractivity contribution in [1.29, 1.82) is 0 Å². The highest BCUT2D eigenvalue weighted by molar-refractivity contribution is 7.71. The molecule has 174 valence electrons. The van der Waals surface area contributed by atoms with Gasteiger partial charge in [0.1, 0.15) is 0 Å². The number of carbonyl (C=O) groups excluding carboxylic acids is 1. The molecule has 0 bridgehead atoms. The van der Waals surface area contributed by atoms with E-state index >= 15 is 0 Å². The molecule has 1 aromatic heterocycles. The van der Waals surface area contributed by atoms with Gasteiger partial charge in [0.25, 0.3) is 0 Å². The molecule has 7 nitrogen and oxygen atoms in total. The molecule has 0 unspecified atom stereocenters.